The summed E-state index contributed by atoms with van der Waals surface area (Å²) in [4.78, 5) is 5.30. The van der Waals surface area contributed by atoms with Crippen LogP contribution in [0.5, 0.6) is 0 Å². The third-order valence-electron chi connectivity index (χ3n) is 6.19. The van der Waals surface area contributed by atoms with Gasteiger partial charge in [0.05, 0.1) is 24.4 Å². The highest BCUT2D eigenvalue weighted by atomic mass is 16.7. The zero-order valence-electron chi connectivity index (χ0n) is 16.3. The normalized spacial score (nSPS) is 24.4. The van der Waals surface area contributed by atoms with Crippen LogP contribution >= 0.6 is 0 Å². The molecule has 1 aromatic rings. The second kappa shape index (κ2) is 7.39. The van der Waals surface area contributed by atoms with E-state index in [1.54, 1.807) is 7.11 Å². The number of nitrogens with one attached hydrogen (secondary N) is 1. The summed E-state index contributed by atoms with van der Waals surface area (Å²) < 4.78 is 12.3. The number of hydroxylamine groups is 1. The topological polar surface area (TPSA) is 39.7 Å². The summed E-state index contributed by atoms with van der Waals surface area (Å²) in [5, 5.41) is 0. The molecule has 1 saturated carbocycles. The Bertz CT molecular complexity index is 551. The molecule has 25 heavy (non-hydrogen) atoms. The molecule has 0 aromatic heterocycles. The number of rotatable bonds is 5. The van der Waals surface area contributed by atoms with E-state index in [1.165, 1.54) is 37.7 Å². The van der Waals surface area contributed by atoms with Crippen molar-refractivity contribution in [1.82, 2.24) is 5.48 Å². The molecule has 138 valence electrons. The van der Waals surface area contributed by atoms with Gasteiger partial charge in [0.15, 0.2) is 0 Å². The van der Waals surface area contributed by atoms with Gasteiger partial charge in [0.2, 0.25) is 0 Å². The minimum atomic E-state index is -0.307. The Morgan fingerprint density at radius 1 is 1.00 bits per heavy atom. The first-order chi connectivity index (χ1) is 11.8. The first-order valence-electron chi connectivity index (χ1n) is 9.58. The summed E-state index contributed by atoms with van der Waals surface area (Å²) in [6.45, 7) is 8.35. The molecule has 1 heterocycles. The van der Waals surface area contributed by atoms with Crippen LogP contribution in [0.3, 0.4) is 0 Å². The number of hydrogen-bond donors (Lipinski definition) is 1. The molecule has 0 unspecified atom stereocenters. The maximum Gasteiger partial charge on any atom is 0.494 e. The maximum atomic E-state index is 6.15. The second-order valence-corrected chi connectivity index (χ2v) is 8.45. The molecule has 4 nitrogen and oxygen atoms in total. The predicted molar refractivity (Wildman–Crippen MR) is 102 cm³/mol. The lowest BCUT2D eigenvalue weighted by Crippen LogP contribution is -2.41. The second-order valence-electron chi connectivity index (χ2n) is 8.45. The monoisotopic (exact) mass is 345 g/mol. The molecule has 1 atom stereocenters. The van der Waals surface area contributed by atoms with Crippen LogP contribution in [0.2, 0.25) is 0 Å². The lowest BCUT2D eigenvalue weighted by atomic mass is 9.77. The van der Waals surface area contributed by atoms with Crippen LogP contribution in [0.4, 0.5) is 0 Å². The zero-order chi connectivity index (χ0) is 18.1. The van der Waals surface area contributed by atoms with Crippen molar-refractivity contribution in [3.8, 4) is 0 Å². The summed E-state index contributed by atoms with van der Waals surface area (Å²) in [6.07, 6.45) is 6.52. The molecule has 0 spiro atoms. The first kappa shape index (κ1) is 18.9. The highest BCUT2D eigenvalue weighted by Crippen LogP contribution is 2.37. The van der Waals surface area contributed by atoms with Gasteiger partial charge in [0, 0.05) is 0 Å². The van der Waals surface area contributed by atoms with Gasteiger partial charge in [-0.1, -0.05) is 43.5 Å². The molecule has 1 saturated heterocycles. The van der Waals surface area contributed by atoms with E-state index in [0.717, 1.165) is 5.46 Å². The van der Waals surface area contributed by atoms with Crippen molar-refractivity contribution >= 4 is 12.6 Å². The van der Waals surface area contributed by atoms with E-state index in [2.05, 4.69) is 57.4 Å². The van der Waals surface area contributed by atoms with Crippen LogP contribution in [0.25, 0.3) is 0 Å². The fraction of sp³-hybridized carbons (Fsp3) is 0.700. The Kier molecular flexibility index (Phi) is 5.59. The van der Waals surface area contributed by atoms with Gasteiger partial charge in [0.25, 0.3) is 0 Å². The van der Waals surface area contributed by atoms with Crippen molar-refractivity contribution in [3.63, 3.8) is 0 Å². The van der Waals surface area contributed by atoms with Gasteiger partial charge in [-0.2, -0.15) is 5.48 Å². The Morgan fingerprint density at radius 3 is 2.08 bits per heavy atom. The molecule has 0 bridgehead atoms. The van der Waals surface area contributed by atoms with E-state index in [0.29, 0.717) is 5.92 Å². The van der Waals surface area contributed by atoms with Crippen molar-refractivity contribution in [2.75, 3.05) is 7.11 Å². The number of benzene rings is 1. The Morgan fingerprint density at radius 2 is 1.56 bits per heavy atom. The molecule has 0 amide bonds. The van der Waals surface area contributed by atoms with Crippen LogP contribution in [0.1, 0.15) is 71.4 Å². The molecular formula is C20H32BNO3. The molecule has 0 radical (unpaired) electrons. The smallest absolute Gasteiger partial charge is 0.399 e. The summed E-state index contributed by atoms with van der Waals surface area (Å²) in [6, 6.07) is 8.88. The molecule has 5 heteroatoms. The standard InChI is InChI=1S/C20H32BNO3/c1-19(2)20(3,4)25-21(24-19)17-13-11-16(12-14-17)18(22-23-5)15-9-7-6-8-10-15/h11-15,18,22H,6-10H2,1-5H3/t18-/m1/s1. The van der Waals surface area contributed by atoms with Crippen molar-refractivity contribution in [2.45, 2.75) is 77.0 Å². The lowest BCUT2D eigenvalue weighted by Gasteiger charge is -2.32. The van der Waals surface area contributed by atoms with Crippen LogP contribution in [-0.4, -0.2) is 25.4 Å². The minimum Gasteiger partial charge on any atom is -0.399 e. The summed E-state index contributed by atoms with van der Waals surface area (Å²) >= 11 is 0. The van der Waals surface area contributed by atoms with E-state index >= 15 is 0 Å². The molecule has 1 aliphatic carbocycles. The third kappa shape index (κ3) is 3.95. The average Bonchev–Trinajstić information content (AvgIpc) is 2.81. The van der Waals surface area contributed by atoms with Gasteiger partial charge in [-0.15, -0.1) is 0 Å². The van der Waals surface area contributed by atoms with Crippen LogP contribution in [0, 0.1) is 5.92 Å². The van der Waals surface area contributed by atoms with E-state index < -0.39 is 0 Å². The predicted octanol–water partition coefficient (Wildman–Crippen LogP) is 3.76. The Balaban J connectivity index is 1.74. The highest BCUT2D eigenvalue weighted by Gasteiger charge is 2.51. The van der Waals surface area contributed by atoms with Gasteiger partial charge in [-0.25, -0.2) is 0 Å². The molecule has 1 aliphatic heterocycles. The van der Waals surface area contributed by atoms with Crippen molar-refractivity contribution in [1.29, 1.82) is 0 Å². The third-order valence-corrected chi connectivity index (χ3v) is 6.19. The van der Waals surface area contributed by atoms with Crippen LogP contribution in [-0.2, 0) is 14.1 Å². The maximum absolute atomic E-state index is 6.15. The summed E-state index contributed by atoms with van der Waals surface area (Å²) in [5.41, 5.74) is 4.95. The van der Waals surface area contributed by atoms with Gasteiger partial charge in [-0.3, -0.25) is 0 Å². The first-order valence-corrected chi connectivity index (χ1v) is 9.58. The molecule has 2 fully saturated rings. The highest BCUT2D eigenvalue weighted by molar-refractivity contribution is 6.62. The van der Waals surface area contributed by atoms with E-state index in [4.69, 9.17) is 14.1 Å². The van der Waals surface area contributed by atoms with Crippen molar-refractivity contribution in [3.05, 3.63) is 29.8 Å². The van der Waals surface area contributed by atoms with E-state index in [9.17, 15) is 0 Å². The van der Waals surface area contributed by atoms with Gasteiger partial charge in [0.1, 0.15) is 0 Å². The molecular weight excluding hydrogens is 313 g/mol. The van der Waals surface area contributed by atoms with Gasteiger partial charge in [-0.05, 0) is 57.5 Å². The molecule has 1 N–H and O–H groups in total. The zero-order valence-corrected chi connectivity index (χ0v) is 16.3. The summed E-state index contributed by atoms with van der Waals surface area (Å²) in [5.74, 6) is 0.636. The fourth-order valence-electron chi connectivity index (χ4n) is 3.87. The lowest BCUT2D eigenvalue weighted by molar-refractivity contribution is 0.00578. The van der Waals surface area contributed by atoms with Crippen LogP contribution in [0.15, 0.2) is 24.3 Å². The van der Waals surface area contributed by atoms with E-state index in [-0.39, 0.29) is 24.4 Å². The fourth-order valence-corrected chi connectivity index (χ4v) is 3.87. The van der Waals surface area contributed by atoms with E-state index in [1.807, 2.05) is 0 Å². The quantitative estimate of drug-likeness (QED) is 0.652. The minimum absolute atomic E-state index is 0.248. The van der Waals surface area contributed by atoms with Gasteiger partial charge < -0.3 is 14.1 Å². The SMILES string of the molecule is CON[C@@H](c1ccc(B2OC(C)(C)C(C)(C)O2)cc1)C1CCCCC1. The van der Waals surface area contributed by atoms with Crippen molar-refractivity contribution in [2.24, 2.45) is 5.92 Å². The molecule has 1 aromatic carbocycles. The largest absolute Gasteiger partial charge is 0.494 e. The van der Waals surface area contributed by atoms with Gasteiger partial charge >= 0.3 is 7.12 Å². The molecule has 3 rings (SSSR count). The summed E-state index contributed by atoms with van der Waals surface area (Å²) in [7, 11) is 1.40. The Labute approximate surface area is 152 Å². The molecule has 2 aliphatic rings. The van der Waals surface area contributed by atoms with Crippen LogP contribution < -0.4 is 10.9 Å². The number of hydrogen-bond acceptors (Lipinski definition) is 4. The Hall–Kier alpha value is -0.875. The van der Waals surface area contributed by atoms with Crippen molar-refractivity contribution < 1.29 is 14.1 Å². The average molecular weight is 345 g/mol.